The molecule has 116 valence electrons. The highest BCUT2D eigenvalue weighted by molar-refractivity contribution is 7.89. The van der Waals surface area contributed by atoms with Crippen molar-refractivity contribution in [2.45, 2.75) is 30.6 Å². The molecule has 0 atom stereocenters. The topological polar surface area (TPSA) is 92.6 Å². The highest BCUT2D eigenvalue weighted by Crippen LogP contribution is 2.32. The number of rotatable bonds is 4. The van der Waals surface area contributed by atoms with Crippen molar-refractivity contribution < 1.29 is 13.3 Å². The molecule has 0 saturated carbocycles. The third kappa shape index (κ3) is 3.51. The van der Waals surface area contributed by atoms with E-state index in [4.69, 9.17) is 0 Å². The Labute approximate surface area is 124 Å². The maximum atomic E-state index is 11.8. The smallest absolute Gasteiger partial charge is 0.293 e. The van der Waals surface area contributed by atoms with Crippen LogP contribution in [0.1, 0.15) is 25.7 Å². The molecule has 1 fully saturated rings. The summed E-state index contributed by atoms with van der Waals surface area (Å²) in [6.45, 7) is 1.53. The van der Waals surface area contributed by atoms with E-state index in [9.17, 15) is 18.5 Å². The third-order valence-corrected chi connectivity index (χ3v) is 5.08. The first kappa shape index (κ1) is 15.7. The van der Waals surface area contributed by atoms with E-state index < -0.39 is 14.9 Å². The minimum atomic E-state index is -3.68. The second-order valence-electron chi connectivity index (χ2n) is 5.02. The lowest BCUT2D eigenvalue weighted by molar-refractivity contribution is -0.384. The Bertz CT molecular complexity index is 622. The number of nitro benzene ring substituents is 1. The van der Waals surface area contributed by atoms with Crippen LogP contribution in [0.2, 0.25) is 0 Å². The number of nitro groups is 1. The molecule has 0 bridgehead atoms. The first-order valence-corrected chi connectivity index (χ1v) is 8.41. The monoisotopic (exact) mass is 313 g/mol. The summed E-state index contributed by atoms with van der Waals surface area (Å²) in [7, 11) is -2.40. The number of nitrogens with zero attached hydrogens (tertiary/aromatic N) is 2. The zero-order chi connectivity index (χ0) is 15.5. The molecule has 2 rings (SSSR count). The fourth-order valence-corrected chi connectivity index (χ4v) is 3.26. The van der Waals surface area contributed by atoms with Crippen molar-refractivity contribution in [2.75, 3.05) is 25.0 Å². The highest BCUT2D eigenvalue weighted by Gasteiger charge is 2.24. The van der Waals surface area contributed by atoms with Gasteiger partial charge in [-0.05, 0) is 32.0 Å². The second kappa shape index (κ2) is 6.40. The first-order chi connectivity index (χ1) is 9.95. The Balaban J connectivity index is 2.44. The molecule has 1 aliphatic rings. The molecular weight excluding hydrogens is 294 g/mol. The molecule has 0 unspecified atom stereocenters. The Morgan fingerprint density at radius 1 is 1.19 bits per heavy atom. The summed E-state index contributed by atoms with van der Waals surface area (Å²) in [4.78, 5) is 12.6. The molecule has 0 aromatic heterocycles. The Hall–Kier alpha value is -1.67. The van der Waals surface area contributed by atoms with Crippen LogP contribution in [-0.2, 0) is 10.0 Å². The average Bonchev–Trinajstić information content (AvgIpc) is 2.75. The van der Waals surface area contributed by atoms with Gasteiger partial charge in [-0.1, -0.05) is 12.8 Å². The molecule has 0 radical (unpaired) electrons. The molecule has 1 aromatic rings. The van der Waals surface area contributed by atoms with Crippen molar-refractivity contribution in [1.29, 1.82) is 0 Å². The van der Waals surface area contributed by atoms with Gasteiger partial charge in [-0.2, -0.15) is 0 Å². The van der Waals surface area contributed by atoms with Gasteiger partial charge in [0.05, 0.1) is 9.82 Å². The van der Waals surface area contributed by atoms with Crippen LogP contribution in [0.4, 0.5) is 11.4 Å². The van der Waals surface area contributed by atoms with Crippen LogP contribution in [-0.4, -0.2) is 33.5 Å². The van der Waals surface area contributed by atoms with Crippen LogP contribution in [0.15, 0.2) is 23.1 Å². The van der Waals surface area contributed by atoms with Crippen molar-refractivity contribution in [2.24, 2.45) is 0 Å². The van der Waals surface area contributed by atoms with Gasteiger partial charge in [-0.25, -0.2) is 13.1 Å². The number of benzene rings is 1. The molecule has 8 heteroatoms. The number of nitrogens with one attached hydrogen (secondary N) is 1. The first-order valence-electron chi connectivity index (χ1n) is 6.92. The SMILES string of the molecule is CNS(=O)(=O)c1ccc(N2CCCCCC2)c([N+](=O)[O-])c1. The summed E-state index contributed by atoms with van der Waals surface area (Å²) < 4.78 is 25.7. The molecule has 1 aromatic carbocycles. The summed E-state index contributed by atoms with van der Waals surface area (Å²) in [6, 6.07) is 4.08. The minimum Gasteiger partial charge on any atom is -0.366 e. The lowest BCUT2D eigenvalue weighted by Crippen LogP contribution is -2.25. The largest absolute Gasteiger partial charge is 0.366 e. The normalized spacial score (nSPS) is 16.5. The summed E-state index contributed by atoms with van der Waals surface area (Å²) in [5.41, 5.74) is 0.338. The van der Waals surface area contributed by atoms with Crippen LogP contribution < -0.4 is 9.62 Å². The van der Waals surface area contributed by atoms with E-state index in [-0.39, 0.29) is 10.6 Å². The maximum Gasteiger partial charge on any atom is 0.293 e. The van der Waals surface area contributed by atoms with Gasteiger partial charge in [0.25, 0.3) is 5.69 Å². The molecular formula is C13H19N3O4S. The average molecular weight is 313 g/mol. The molecule has 0 amide bonds. The van der Waals surface area contributed by atoms with Gasteiger partial charge >= 0.3 is 0 Å². The van der Waals surface area contributed by atoms with Crippen LogP contribution in [0.5, 0.6) is 0 Å². The van der Waals surface area contributed by atoms with Crippen LogP contribution in [0.3, 0.4) is 0 Å². The molecule has 1 heterocycles. The fourth-order valence-electron chi connectivity index (χ4n) is 2.51. The van der Waals surface area contributed by atoms with Gasteiger partial charge in [0.15, 0.2) is 0 Å². The summed E-state index contributed by atoms with van der Waals surface area (Å²) >= 11 is 0. The third-order valence-electron chi connectivity index (χ3n) is 3.67. The molecule has 7 nitrogen and oxygen atoms in total. The van der Waals surface area contributed by atoms with Crippen LogP contribution >= 0.6 is 0 Å². The maximum absolute atomic E-state index is 11.8. The van der Waals surface area contributed by atoms with Crippen molar-refractivity contribution in [3.63, 3.8) is 0 Å². The molecule has 1 saturated heterocycles. The molecule has 1 N–H and O–H groups in total. The molecule has 0 spiro atoms. The number of sulfonamides is 1. The summed E-state index contributed by atoms with van der Waals surface area (Å²) in [5.74, 6) is 0. The number of anilines is 1. The van der Waals surface area contributed by atoms with E-state index >= 15 is 0 Å². The van der Waals surface area contributed by atoms with E-state index in [1.54, 1.807) is 0 Å². The molecule has 0 aliphatic carbocycles. The van der Waals surface area contributed by atoms with E-state index in [2.05, 4.69) is 4.72 Å². The number of hydrogen-bond acceptors (Lipinski definition) is 5. The standard InChI is InChI=1S/C13H19N3O4S/c1-14-21(19,20)11-6-7-12(13(10-11)16(17)18)15-8-4-2-3-5-9-15/h6-7,10,14H,2-5,8-9H2,1H3. The zero-order valence-electron chi connectivity index (χ0n) is 11.9. The second-order valence-corrected chi connectivity index (χ2v) is 6.90. The summed E-state index contributed by atoms with van der Waals surface area (Å²) in [5, 5.41) is 11.3. The van der Waals surface area contributed by atoms with Crippen molar-refractivity contribution >= 4 is 21.4 Å². The predicted octanol–water partition coefficient (Wildman–Crippen LogP) is 1.88. The molecule has 21 heavy (non-hydrogen) atoms. The summed E-state index contributed by atoms with van der Waals surface area (Å²) in [6.07, 6.45) is 4.23. The quantitative estimate of drug-likeness (QED) is 0.677. The van der Waals surface area contributed by atoms with E-state index in [1.807, 2.05) is 4.90 Å². The lowest BCUT2D eigenvalue weighted by Gasteiger charge is -2.22. The lowest BCUT2D eigenvalue weighted by atomic mass is 10.2. The highest BCUT2D eigenvalue weighted by atomic mass is 32.2. The van der Waals surface area contributed by atoms with Gasteiger partial charge in [0, 0.05) is 19.2 Å². The van der Waals surface area contributed by atoms with Gasteiger partial charge in [-0.3, -0.25) is 10.1 Å². The Kier molecular flexibility index (Phi) is 4.79. The fraction of sp³-hybridized carbons (Fsp3) is 0.538. The van der Waals surface area contributed by atoms with E-state index in [0.717, 1.165) is 44.8 Å². The van der Waals surface area contributed by atoms with Crippen LogP contribution in [0.25, 0.3) is 0 Å². The van der Waals surface area contributed by atoms with E-state index in [1.165, 1.54) is 19.2 Å². The van der Waals surface area contributed by atoms with Gasteiger partial charge in [0.1, 0.15) is 5.69 Å². The van der Waals surface area contributed by atoms with Crippen molar-refractivity contribution in [1.82, 2.24) is 4.72 Å². The number of hydrogen-bond donors (Lipinski definition) is 1. The zero-order valence-corrected chi connectivity index (χ0v) is 12.7. The van der Waals surface area contributed by atoms with Crippen molar-refractivity contribution in [3.05, 3.63) is 28.3 Å². The molecule has 1 aliphatic heterocycles. The van der Waals surface area contributed by atoms with Crippen LogP contribution in [0, 0.1) is 10.1 Å². The minimum absolute atomic E-state index is 0.0877. The van der Waals surface area contributed by atoms with Gasteiger partial charge < -0.3 is 4.90 Å². The van der Waals surface area contributed by atoms with E-state index in [0.29, 0.717) is 5.69 Å². The predicted molar refractivity (Wildman–Crippen MR) is 80.0 cm³/mol. The van der Waals surface area contributed by atoms with Gasteiger partial charge in [-0.15, -0.1) is 0 Å². The van der Waals surface area contributed by atoms with Gasteiger partial charge in [0.2, 0.25) is 10.0 Å². The van der Waals surface area contributed by atoms with Crippen molar-refractivity contribution in [3.8, 4) is 0 Å². The Morgan fingerprint density at radius 2 is 1.81 bits per heavy atom. The Morgan fingerprint density at radius 3 is 2.33 bits per heavy atom.